The van der Waals surface area contributed by atoms with E-state index in [9.17, 15) is 0 Å². The Morgan fingerprint density at radius 3 is 2.91 bits per heavy atom. The average molecular weight is 315 g/mol. The summed E-state index contributed by atoms with van der Waals surface area (Å²) in [4.78, 5) is 7.26. The van der Waals surface area contributed by atoms with Crippen LogP contribution in [-0.4, -0.2) is 32.6 Å². The van der Waals surface area contributed by atoms with E-state index in [0.717, 1.165) is 31.8 Å². The molecule has 1 N–H and O–H groups in total. The summed E-state index contributed by atoms with van der Waals surface area (Å²) in [5.41, 5.74) is 2.83. The number of rotatable bonds is 4. The summed E-state index contributed by atoms with van der Waals surface area (Å²) in [7, 11) is 0. The molecule has 2 aromatic heterocycles. The molecule has 23 heavy (non-hydrogen) atoms. The molecule has 0 radical (unpaired) electrons. The lowest BCUT2D eigenvalue weighted by atomic mass is 10.0. The summed E-state index contributed by atoms with van der Waals surface area (Å²) in [6.07, 6.45) is 6.09. The third-order valence-corrected chi connectivity index (χ3v) is 5.21. The fourth-order valence-electron chi connectivity index (χ4n) is 4.16. The van der Waals surface area contributed by atoms with Crippen molar-refractivity contribution < 1.29 is 9.52 Å². The molecule has 0 bridgehead atoms. The number of nitrogens with zero attached hydrogens (tertiary/aromatic N) is 3. The topological polar surface area (TPSA) is 54.4 Å². The number of hydrogen-bond acceptors (Lipinski definition) is 4. The first-order chi connectivity index (χ1) is 11.2. The van der Waals surface area contributed by atoms with Crippen LogP contribution in [0.1, 0.15) is 54.0 Å². The largest absolute Gasteiger partial charge is 0.462 e. The number of imidazole rings is 1. The van der Waals surface area contributed by atoms with Crippen molar-refractivity contribution in [3.8, 4) is 0 Å². The van der Waals surface area contributed by atoms with Gasteiger partial charge in [0.25, 0.3) is 0 Å². The zero-order chi connectivity index (χ0) is 15.8. The quantitative estimate of drug-likeness (QED) is 0.942. The van der Waals surface area contributed by atoms with E-state index < -0.39 is 0 Å². The maximum absolute atomic E-state index is 9.10. The molecule has 0 saturated carbocycles. The normalized spacial score (nSPS) is 21.7. The molecular formula is C18H25N3O2. The highest BCUT2D eigenvalue weighted by Gasteiger charge is 2.29. The molecule has 0 aromatic carbocycles. The van der Waals surface area contributed by atoms with Gasteiger partial charge in [0.15, 0.2) is 0 Å². The van der Waals surface area contributed by atoms with Crippen molar-refractivity contribution in [2.75, 3.05) is 13.1 Å². The molecule has 3 heterocycles. The maximum Gasteiger partial charge on any atom is 0.129 e. The van der Waals surface area contributed by atoms with E-state index in [0.29, 0.717) is 11.8 Å². The van der Waals surface area contributed by atoms with Gasteiger partial charge in [0, 0.05) is 24.8 Å². The number of aromatic nitrogens is 2. The Morgan fingerprint density at radius 1 is 1.26 bits per heavy atom. The Balaban J connectivity index is 1.47. The minimum atomic E-state index is -0.0248. The lowest BCUT2D eigenvalue weighted by Crippen LogP contribution is -2.22. The summed E-state index contributed by atoms with van der Waals surface area (Å²) < 4.78 is 8.13. The second-order valence-electron chi connectivity index (χ2n) is 6.83. The highest BCUT2D eigenvalue weighted by atomic mass is 16.4. The zero-order valence-electron chi connectivity index (χ0n) is 13.8. The van der Waals surface area contributed by atoms with Gasteiger partial charge >= 0.3 is 0 Å². The molecule has 5 nitrogen and oxygen atoms in total. The number of furan rings is 1. The lowest BCUT2D eigenvalue weighted by molar-refractivity contribution is 0.231. The van der Waals surface area contributed by atoms with Gasteiger partial charge in [-0.2, -0.15) is 0 Å². The fourth-order valence-corrected chi connectivity index (χ4v) is 4.16. The van der Waals surface area contributed by atoms with E-state index >= 15 is 0 Å². The molecule has 1 unspecified atom stereocenters. The third-order valence-electron chi connectivity index (χ3n) is 5.21. The maximum atomic E-state index is 9.10. The monoisotopic (exact) mass is 315 g/mol. The molecule has 1 saturated heterocycles. The predicted octanol–water partition coefficient (Wildman–Crippen LogP) is 2.60. The van der Waals surface area contributed by atoms with E-state index in [1.165, 1.54) is 42.9 Å². The molecular weight excluding hydrogens is 290 g/mol. The Kier molecular flexibility index (Phi) is 3.99. The molecule has 0 amide bonds. The number of aliphatic hydroxyl groups excluding tert-OH is 1. The average Bonchev–Trinajstić information content (AvgIpc) is 3.25. The van der Waals surface area contributed by atoms with Crippen molar-refractivity contribution in [1.82, 2.24) is 14.5 Å². The predicted molar refractivity (Wildman–Crippen MR) is 87.2 cm³/mol. The van der Waals surface area contributed by atoms with E-state index in [2.05, 4.69) is 16.4 Å². The number of hydrogen-bond donors (Lipinski definition) is 1. The van der Waals surface area contributed by atoms with Crippen LogP contribution >= 0.6 is 0 Å². The van der Waals surface area contributed by atoms with Crippen molar-refractivity contribution >= 4 is 0 Å². The van der Waals surface area contributed by atoms with Crippen LogP contribution in [0.2, 0.25) is 0 Å². The highest BCUT2D eigenvalue weighted by molar-refractivity contribution is 5.21. The van der Waals surface area contributed by atoms with E-state index in [1.54, 1.807) is 0 Å². The number of aliphatic hydroxyl groups is 1. The van der Waals surface area contributed by atoms with Crippen molar-refractivity contribution in [3.05, 3.63) is 40.9 Å². The second kappa shape index (κ2) is 6.13. The standard InChI is InChI=1S/C18H25N3O2/c1-13-19-17-4-2-3-5-18(17)21(13)14-8-9-20(10-14)11-15-6-7-16(12-22)23-15/h6-7,14,22H,2-5,8-12H2,1H3. The molecule has 5 heteroatoms. The van der Waals surface area contributed by atoms with E-state index in [1.807, 2.05) is 12.1 Å². The molecule has 124 valence electrons. The molecule has 2 aliphatic rings. The molecule has 0 spiro atoms. The van der Waals surface area contributed by atoms with Crippen molar-refractivity contribution in [2.24, 2.45) is 0 Å². The van der Waals surface area contributed by atoms with Gasteiger partial charge in [-0.05, 0) is 51.2 Å². The van der Waals surface area contributed by atoms with Gasteiger partial charge in [-0.1, -0.05) is 0 Å². The van der Waals surface area contributed by atoms with Crippen LogP contribution in [0.4, 0.5) is 0 Å². The van der Waals surface area contributed by atoms with E-state index in [4.69, 9.17) is 14.5 Å². The molecule has 2 aromatic rings. The lowest BCUT2D eigenvalue weighted by Gasteiger charge is -2.21. The fraction of sp³-hybridized carbons (Fsp3) is 0.611. The van der Waals surface area contributed by atoms with Crippen LogP contribution in [-0.2, 0) is 26.0 Å². The Hall–Kier alpha value is -1.59. The van der Waals surface area contributed by atoms with Gasteiger partial charge in [0.2, 0.25) is 0 Å². The second-order valence-corrected chi connectivity index (χ2v) is 6.83. The number of aryl methyl sites for hydroxylation is 2. The van der Waals surface area contributed by atoms with Crippen LogP contribution < -0.4 is 0 Å². The summed E-state index contributed by atoms with van der Waals surface area (Å²) >= 11 is 0. The van der Waals surface area contributed by atoms with Gasteiger partial charge in [-0.25, -0.2) is 4.98 Å². The molecule has 1 atom stereocenters. The van der Waals surface area contributed by atoms with Gasteiger partial charge in [0.1, 0.15) is 24.0 Å². The minimum Gasteiger partial charge on any atom is -0.462 e. The molecule has 1 aliphatic carbocycles. The number of likely N-dealkylation sites (tertiary alicyclic amines) is 1. The van der Waals surface area contributed by atoms with Crippen molar-refractivity contribution in [2.45, 2.75) is 58.2 Å². The summed E-state index contributed by atoms with van der Waals surface area (Å²) in [5, 5.41) is 9.10. The Labute approximate surface area is 136 Å². The Morgan fingerprint density at radius 2 is 2.09 bits per heavy atom. The van der Waals surface area contributed by atoms with Crippen molar-refractivity contribution in [3.63, 3.8) is 0 Å². The minimum absolute atomic E-state index is 0.0248. The van der Waals surface area contributed by atoms with Crippen LogP contribution in [0.5, 0.6) is 0 Å². The van der Waals surface area contributed by atoms with Crippen LogP contribution in [0.25, 0.3) is 0 Å². The number of fused-ring (bicyclic) bond motifs is 1. The van der Waals surface area contributed by atoms with Crippen molar-refractivity contribution in [1.29, 1.82) is 0 Å². The van der Waals surface area contributed by atoms with Gasteiger partial charge in [0.05, 0.1) is 12.2 Å². The van der Waals surface area contributed by atoms with Gasteiger partial charge in [-0.15, -0.1) is 0 Å². The summed E-state index contributed by atoms with van der Waals surface area (Å²) in [5.74, 6) is 2.78. The highest BCUT2D eigenvalue weighted by Crippen LogP contribution is 2.30. The van der Waals surface area contributed by atoms with Crippen LogP contribution in [0.15, 0.2) is 16.5 Å². The smallest absolute Gasteiger partial charge is 0.129 e. The van der Waals surface area contributed by atoms with E-state index in [-0.39, 0.29) is 6.61 Å². The van der Waals surface area contributed by atoms with Crippen LogP contribution in [0.3, 0.4) is 0 Å². The first-order valence-corrected chi connectivity index (χ1v) is 8.72. The third kappa shape index (κ3) is 2.83. The van der Waals surface area contributed by atoms with Gasteiger partial charge in [-0.3, -0.25) is 4.90 Å². The molecule has 1 aliphatic heterocycles. The Bertz CT molecular complexity index is 688. The molecule has 1 fully saturated rings. The SMILES string of the molecule is Cc1nc2c(n1C1CCN(Cc3ccc(CO)o3)C1)CCCC2. The first-order valence-electron chi connectivity index (χ1n) is 8.72. The zero-order valence-corrected chi connectivity index (χ0v) is 13.8. The summed E-state index contributed by atoms with van der Waals surface area (Å²) in [6, 6.07) is 4.37. The van der Waals surface area contributed by atoms with Crippen LogP contribution in [0, 0.1) is 6.92 Å². The van der Waals surface area contributed by atoms with Gasteiger partial charge < -0.3 is 14.1 Å². The summed E-state index contributed by atoms with van der Waals surface area (Å²) in [6.45, 7) is 5.10. The molecule has 4 rings (SSSR count). The first kappa shape index (κ1) is 15.0.